The number of carbonyl (C=O) groups is 2. The Labute approximate surface area is 117 Å². The monoisotopic (exact) mass is 284 g/mol. The highest BCUT2D eigenvalue weighted by atomic mass is 32.1. The highest BCUT2D eigenvalue weighted by Crippen LogP contribution is 2.13. The summed E-state index contributed by atoms with van der Waals surface area (Å²) in [7, 11) is 0. The minimum atomic E-state index is -0.896. The maximum Gasteiger partial charge on any atom is 0.317 e. The average molecular weight is 284 g/mol. The maximum atomic E-state index is 12.0. The number of nitrogens with zero attached hydrogens (tertiary/aromatic N) is 1. The van der Waals surface area contributed by atoms with Gasteiger partial charge in [0.05, 0.1) is 6.42 Å². The first-order valence-electron chi connectivity index (χ1n) is 6.23. The molecular weight excluding hydrogens is 264 g/mol. The SMILES string of the molecule is CCN(C(=O)NCc1cscc1C)C(C)CC(=O)O. The van der Waals surface area contributed by atoms with E-state index in [0.29, 0.717) is 13.1 Å². The molecule has 2 N–H and O–H groups in total. The van der Waals surface area contributed by atoms with Crippen LogP contribution in [0.15, 0.2) is 10.8 Å². The number of carboxylic acids is 1. The van der Waals surface area contributed by atoms with Gasteiger partial charge < -0.3 is 15.3 Å². The summed E-state index contributed by atoms with van der Waals surface area (Å²) in [5.41, 5.74) is 2.26. The fourth-order valence-electron chi connectivity index (χ4n) is 1.86. The van der Waals surface area contributed by atoms with Crippen LogP contribution in [0.3, 0.4) is 0 Å². The Morgan fingerprint density at radius 3 is 2.63 bits per heavy atom. The van der Waals surface area contributed by atoms with Gasteiger partial charge in [-0.3, -0.25) is 4.79 Å². The lowest BCUT2D eigenvalue weighted by atomic mass is 10.2. The van der Waals surface area contributed by atoms with Crippen molar-refractivity contribution in [3.05, 3.63) is 21.9 Å². The number of rotatable bonds is 6. The maximum absolute atomic E-state index is 12.0. The first kappa shape index (κ1) is 15.5. The molecule has 1 atom stereocenters. The zero-order chi connectivity index (χ0) is 14.4. The van der Waals surface area contributed by atoms with Crippen molar-refractivity contribution in [2.24, 2.45) is 0 Å². The Hall–Kier alpha value is -1.56. The van der Waals surface area contributed by atoms with E-state index in [9.17, 15) is 9.59 Å². The normalized spacial score (nSPS) is 11.9. The molecule has 0 fully saturated rings. The third-order valence-corrected chi connectivity index (χ3v) is 3.91. The number of amides is 2. The van der Waals surface area contributed by atoms with E-state index in [1.54, 1.807) is 18.3 Å². The standard InChI is InChI=1S/C13H20N2O3S/c1-4-15(10(3)5-12(16)17)13(18)14-6-11-8-19-7-9(11)2/h7-8,10H,4-6H2,1-3H3,(H,14,18)(H,16,17). The van der Waals surface area contributed by atoms with Gasteiger partial charge in [-0.05, 0) is 42.7 Å². The number of urea groups is 1. The summed E-state index contributed by atoms with van der Waals surface area (Å²) in [5.74, 6) is -0.896. The van der Waals surface area contributed by atoms with Crippen LogP contribution < -0.4 is 5.32 Å². The van der Waals surface area contributed by atoms with Crippen molar-refractivity contribution in [2.45, 2.75) is 39.8 Å². The summed E-state index contributed by atoms with van der Waals surface area (Å²) in [6.45, 7) is 6.55. The second-order valence-corrected chi connectivity index (χ2v) is 5.22. The predicted octanol–water partition coefficient (Wildman–Crippen LogP) is 2.45. The van der Waals surface area contributed by atoms with Gasteiger partial charge in [0.15, 0.2) is 0 Å². The molecule has 0 aromatic carbocycles. The summed E-state index contributed by atoms with van der Waals surface area (Å²) < 4.78 is 0. The van der Waals surface area contributed by atoms with Crippen molar-refractivity contribution in [3.8, 4) is 0 Å². The Morgan fingerprint density at radius 1 is 1.47 bits per heavy atom. The molecule has 0 aliphatic rings. The molecule has 0 spiro atoms. The van der Waals surface area contributed by atoms with Gasteiger partial charge >= 0.3 is 12.0 Å². The molecular formula is C13H20N2O3S. The van der Waals surface area contributed by atoms with Gasteiger partial charge in [-0.1, -0.05) is 0 Å². The number of nitrogens with one attached hydrogen (secondary N) is 1. The molecule has 1 aromatic heterocycles. The van der Waals surface area contributed by atoms with Crippen molar-refractivity contribution in [1.29, 1.82) is 0 Å². The molecule has 0 saturated heterocycles. The van der Waals surface area contributed by atoms with E-state index in [1.807, 2.05) is 24.6 Å². The lowest BCUT2D eigenvalue weighted by Crippen LogP contribution is -2.45. The number of aryl methyl sites for hydroxylation is 1. The van der Waals surface area contributed by atoms with Crippen molar-refractivity contribution in [1.82, 2.24) is 10.2 Å². The molecule has 5 nitrogen and oxygen atoms in total. The second-order valence-electron chi connectivity index (χ2n) is 4.47. The molecule has 0 bridgehead atoms. The predicted molar refractivity (Wildman–Crippen MR) is 75.4 cm³/mol. The van der Waals surface area contributed by atoms with Gasteiger partial charge in [0.25, 0.3) is 0 Å². The van der Waals surface area contributed by atoms with Crippen LogP contribution in [0.2, 0.25) is 0 Å². The molecule has 1 rings (SSSR count). The molecule has 0 aliphatic carbocycles. The molecule has 6 heteroatoms. The zero-order valence-corrected chi connectivity index (χ0v) is 12.3. The van der Waals surface area contributed by atoms with E-state index in [-0.39, 0.29) is 18.5 Å². The van der Waals surface area contributed by atoms with Crippen LogP contribution in [0.5, 0.6) is 0 Å². The number of carboxylic acid groups (broad SMARTS) is 1. The Morgan fingerprint density at radius 2 is 2.16 bits per heavy atom. The fourth-order valence-corrected chi connectivity index (χ4v) is 2.72. The van der Waals surface area contributed by atoms with Gasteiger partial charge in [-0.2, -0.15) is 11.3 Å². The molecule has 1 aromatic rings. The van der Waals surface area contributed by atoms with Crippen molar-refractivity contribution >= 4 is 23.3 Å². The lowest BCUT2D eigenvalue weighted by Gasteiger charge is -2.27. The number of hydrogen-bond donors (Lipinski definition) is 2. The van der Waals surface area contributed by atoms with Crippen molar-refractivity contribution in [3.63, 3.8) is 0 Å². The first-order valence-corrected chi connectivity index (χ1v) is 7.17. The minimum Gasteiger partial charge on any atom is -0.481 e. The smallest absolute Gasteiger partial charge is 0.317 e. The molecule has 19 heavy (non-hydrogen) atoms. The van der Waals surface area contributed by atoms with E-state index in [2.05, 4.69) is 5.32 Å². The Balaban J connectivity index is 2.54. The van der Waals surface area contributed by atoms with Gasteiger partial charge in [0, 0.05) is 19.1 Å². The fraction of sp³-hybridized carbons (Fsp3) is 0.538. The first-order chi connectivity index (χ1) is 8.95. The Bertz CT molecular complexity index is 445. The quantitative estimate of drug-likeness (QED) is 0.843. The third kappa shape index (κ3) is 4.55. The van der Waals surface area contributed by atoms with Gasteiger partial charge in [0.2, 0.25) is 0 Å². The van der Waals surface area contributed by atoms with E-state index >= 15 is 0 Å². The zero-order valence-electron chi connectivity index (χ0n) is 11.5. The van der Waals surface area contributed by atoms with Crippen LogP contribution in [-0.4, -0.2) is 34.6 Å². The number of hydrogen-bond acceptors (Lipinski definition) is 3. The summed E-state index contributed by atoms with van der Waals surface area (Å²) >= 11 is 1.60. The number of carbonyl (C=O) groups excluding carboxylic acids is 1. The number of thiophene rings is 1. The number of aliphatic carboxylic acids is 1. The minimum absolute atomic E-state index is 0.0429. The molecule has 0 aliphatic heterocycles. The van der Waals surface area contributed by atoms with Crippen LogP contribution in [0, 0.1) is 6.92 Å². The van der Waals surface area contributed by atoms with Crippen LogP contribution in [0.1, 0.15) is 31.4 Å². The summed E-state index contributed by atoms with van der Waals surface area (Å²) in [5, 5.41) is 15.6. The summed E-state index contributed by atoms with van der Waals surface area (Å²) in [4.78, 5) is 24.3. The van der Waals surface area contributed by atoms with E-state index in [1.165, 1.54) is 4.90 Å². The van der Waals surface area contributed by atoms with Gasteiger partial charge in [0.1, 0.15) is 0 Å². The molecule has 1 heterocycles. The lowest BCUT2D eigenvalue weighted by molar-refractivity contribution is -0.138. The summed E-state index contributed by atoms with van der Waals surface area (Å²) in [6.07, 6.45) is -0.0429. The average Bonchev–Trinajstić information content (AvgIpc) is 2.72. The molecule has 1 unspecified atom stereocenters. The van der Waals surface area contributed by atoms with Crippen LogP contribution in [-0.2, 0) is 11.3 Å². The molecule has 0 radical (unpaired) electrons. The van der Waals surface area contributed by atoms with Crippen LogP contribution >= 0.6 is 11.3 Å². The van der Waals surface area contributed by atoms with Crippen LogP contribution in [0.4, 0.5) is 4.79 Å². The highest BCUT2D eigenvalue weighted by Gasteiger charge is 2.20. The van der Waals surface area contributed by atoms with Crippen molar-refractivity contribution < 1.29 is 14.7 Å². The highest BCUT2D eigenvalue weighted by molar-refractivity contribution is 7.08. The van der Waals surface area contributed by atoms with E-state index < -0.39 is 5.97 Å². The molecule has 106 valence electrons. The molecule has 2 amide bonds. The third-order valence-electron chi connectivity index (χ3n) is 3.00. The summed E-state index contributed by atoms with van der Waals surface area (Å²) in [6, 6.07) is -0.534. The largest absolute Gasteiger partial charge is 0.481 e. The van der Waals surface area contributed by atoms with Crippen LogP contribution in [0.25, 0.3) is 0 Å². The second kappa shape index (κ2) is 7.13. The van der Waals surface area contributed by atoms with Gasteiger partial charge in [-0.15, -0.1) is 0 Å². The van der Waals surface area contributed by atoms with E-state index in [0.717, 1.165) is 11.1 Å². The Kier molecular flexibility index (Phi) is 5.82. The topological polar surface area (TPSA) is 69.6 Å². The van der Waals surface area contributed by atoms with Gasteiger partial charge in [-0.25, -0.2) is 4.79 Å². The van der Waals surface area contributed by atoms with E-state index in [4.69, 9.17) is 5.11 Å². The van der Waals surface area contributed by atoms with Crippen molar-refractivity contribution in [2.75, 3.05) is 6.54 Å². The molecule has 0 saturated carbocycles.